The van der Waals surface area contributed by atoms with Crippen molar-refractivity contribution >= 4 is 29.1 Å². The van der Waals surface area contributed by atoms with E-state index in [1.54, 1.807) is 17.0 Å². The molecule has 0 spiro atoms. The van der Waals surface area contributed by atoms with Crippen molar-refractivity contribution in [2.45, 2.75) is 38.5 Å². The minimum Gasteiger partial charge on any atom is -0.355 e. The highest BCUT2D eigenvalue weighted by molar-refractivity contribution is 6.30. The first-order chi connectivity index (χ1) is 11.6. The molecule has 2 aliphatic rings. The van der Waals surface area contributed by atoms with Crippen LogP contribution in [0.5, 0.6) is 0 Å². The van der Waals surface area contributed by atoms with Gasteiger partial charge in [0.1, 0.15) is 5.92 Å². The Kier molecular flexibility index (Phi) is 5.56. The smallest absolute Gasteiger partial charge is 0.239 e. The van der Waals surface area contributed by atoms with Crippen LogP contribution in [0.25, 0.3) is 0 Å². The Morgan fingerprint density at radius 2 is 2.04 bits per heavy atom. The number of amides is 2. The lowest BCUT2D eigenvalue weighted by Gasteiger charge is -2.17. The van der Waals surface area contributed by atoms with E-state index < -0.39 is 5.92 Å². The van der Waals surface area contributed by atoms with E-state index >= 15 is 0 Å². The van der Waals surface area contributed by atoms with Crippen molar-refractivity contribution < 1.29 is 9.59 Å². The number of benzene rings is 1. The molecule has 1 aromatic rings. The van der Waals surface area contributed by atoms with E-state index in [4.69, 9.17) is 11.6 Å². The van der Waals surface area contributed by atoms with Gasteiger partial charge in [-0.2, -0.15) is 0 Å². The van der Waals surface area contributed by atoms with Gasteiger partial charge in [-0.1, -0.05) is 23.3 Å². The summed E-state index contributed by atoms with van der Waals surface area (Å²) in [6.07, 6.45) is 8.56. The third-order valence-corrected chi connectivity index (χ3v) is 5.04. The predicted molar refractivity (Wildman–Crippen MR) is 96.1 cm³/mol. The average molecular weight is 347 g/mol. The van der Waals surface area contributed by atoms with Crippen LogP contribution in [0.3, 0.4) is 0 Å². The summed E-state index contributed by atoms with van der Waals surface area (Å²) in [5, 5.41) is 3.57. The zero-order chi connectivity index (χ0) is 16.9. The molecule has 1 N–H and O–H groups in total. The Morgan fingerprint density at radius 3 is 2.75 bits per heavy atom. The van der Waals surface area contributed by atoms with Crippen molar-refractivity contribution in [1.29, 1.82) is 0 Å². The molecule has 1 aliphatic carbocycles. The molecule has 0 aromatic heterocycles. The number of nitrogens with one attached hydrogen (secondary N) is 1. The molecule has 1 aromatic carbocycles. The zero-order valence-corrected chi connectivity index (χ0v) is 14.5. The average Bonchev–Trinajstić information content (AvgIpc) is 2.98. The van der Waals surface area contributed by atoms with E-state index in [2.05, 4.69) is 11.4 Å². The molecule has 0 unspecified atom stereocenters. The second-order valence-corrected chi connectivity index (χ2v) is 6.89. The number of rotatable bonds is 5. The highest BCUT2D eigenvalue weighted by Gasteiger charge is 2.37. The number of hydrogen-bond donors (Lipinski definition) is 1. The van der Waals surface area contributed by atoms with Crippen molar-refractivity contribution in [2.75, 3.05) is 18.0 Å². The van der Waals surface area contributed by atoms with Gasteiger partial charge in [-0.3, -0.25) is 9.59 Å². The summed E-state index contributed by atoms with van der Waals surface area (Å²) in [5.74, 6) is -0.833. The van der Waals surface area contributed by atoms with Gasteiger partial charge in [0.05, 0.1) is 0 Å². The van der Waals surface area contributed by atoms with Crippen LogP contribution in [-0.2, 0) is 9.59 Å². The summed E-state index contributed by atoms with van der Waals surface area (Å²) in [6, 6.07) is 7.15. The third-order valence-electron chi connectivity index (χ3n) is 4.79. The summed E-state index contributed by atoms with van der Waals surface area (Å²) >= 11 is 5.88. The first-order valence-corrected chi connectivity index (χ1v) is 9.05. The molecule has 1 heterocycles. The summed E-state index contributed by atoms with van der Waals surface area (Å²) in [7, 11) is 0. The summed E-state index contributed by atoms with van der Waals surface area (Å²) in [6.45, 7) is 1.19. The quantitative estimate of drug-likeness (QED) is 0.652. The fraction of sp³-hybridized carbons (Fsp3) is 0.474. The maximum atomic E-state index is 12.5. The molecule has 24 heavy (non-hydrogen) atoms. The highest BCUT2D eigenvalue weighted by Crippen LogP contribution is 2.26. The molecular formula is C19H23ClN2O2. The molecule has 0 saturated carbocycles. The van der Waals surface area contributed by atoms with Crippen molar-refractivity contribution in [3.8, 4) is 0 Å². The third kappa shape index (κ3) is 3.99. The zero-order valence-electron chi connectivity index (χ0n) is 13.8. The fourth-order valence-corrected chi connectivity index (χ4v) is 3.53. The van der Waals surface area contributed by atoms with Crippen LogP contribution >= 0.6 is 11.6 Å². The maximum absolute atomic E-state index is 12.5. The Bertz CT molecular complexity index is 639. The lowest BCUT2D eigenvalue weighted by molar-refractivity contribution is -0.132. The number of carbonyl (C=O) groups is 2. The van der Waals surface area contributed by atoms with E-state index in [1.807, 2.05) is 12.1 Å². The van der Waals surface area contributed by atoms with E-state index in [0.29, 0.717) is 24.5 Å². The summed E-state index contributed by atoms with van der Waals surface area (Å²) in [5.41, 5.74) is 2.23. The van der Waals surface area contributed by atoms with E-state index in [1.165, 1.54) is 18.4 Å². The largest absolute Gasteiger partial charge is 0.355 e. The van der Waals surface area contributed by atoms with Gasteiger partial charge in [-0.25, -0.2) is 0 Å². The van der Waals surface area contributed by atoms with Crippen molar-refractivity contribution in [3.05, 3.63) is 40.9 Å². The molecule has 5 heteroatoms. The number of halogens is 1. The van der Waals surface area contributed by atoms with Crippen LogP contribution in [0.4, 0.5) is 5.69 Å². The standard InChI is InChI=1S/C19H23ClN2O2/c20-15-6-8-16(9-7-15)22-13-11-17(19(22)24)18(23)21-12-10-14-4-2-1-3-5-14/h4,6-9,17H,1-3,5,10-13H2,(H,21,23)/t17-/m1/s1. The van der Waals surface area contributed by atoms with E-state index in [9.17, 15) is 9.59 Å². The molecule has 4 nitrogen and oxygen atoms in total. The SMILES string of the molecule is O=C(NCCC1=CCCCC1)[C@H]1CCN(c2ccc(Cl)cc2)C1=O. The van der Waals surface area contributed by atoms with Crippen molar-refractivity contribution in [2.24, 2.45) is 5.92 Å². The molecular weight excluding hydrogens is 324 g/mol. The lowest BCUT2D eigenvalue weighted by atomic mass is 9.97. The molecule has 1 aliphatic heterocycles. The van der Waals surface area contributed by atoms with Gasteiger partial charge in [0.15, 0.2) is 0 Å². The van der Waals surface area contributed by atoms with Crippen LogP contribution in [0.1, 0.15) is 38.5 Å². The molecule has 128 valence electrons. The van der Waals surface area contributed by atoms with Crippen LogP contribution < -0.4 is 10.2 Å². The number of nitrogens with zero attached hydrogens (tertiary/aromatic N) is 1. The van der Waals surface area contributed by atoms with E-state index in [-0.39, 0.29) is 11.8 Å². The van der Waals surface area contributed by atoms with Crippen LogP contribution in [0, 0.1) is 5.92 Å². The summed E-state index contributed by atoms with van der Waals surface area (Å²) in [4.78, 5) is 26.5. The normalized spacial score (nSPS) is 20.9. The Morgan fingerprint density at radius 1 is 1.25 bits per heavy atom. The lowest BCUT2D eigenvalue weighted by Crippen LogP contribution is -2.37. The number of hydrogen-bond acceptors (Lipinski definition) is 2. The number of allylic oxidation sites excluding steroid dienone is 1. The van der Waals surface area contributed by atoms with Gasteiger partial charge >= 0.3 is 0 Å². The monoisotopic (exact) mass is 346 g/mol. The van der Waals surface area contributed by atoms with Gasteiger partial charge in [0.2, 0.25) is 11.8 Å². The Balaban J connectivity index is 1.51. The van der Waals surface area contributed by atoms with Gasteiger partial charge in [-0.15, -0.1) is 0 Å². The van der Waals surface area contributed by atoms with Gasteiger partial charge in [0.25, 0.3) is 0 Å². The number of anilines is 1. The highest BCUT2D eigenvalue weighted by atomic mass is 35.5. The molecule has 0 radical (unpaired) electrons. The molecule has 1 saturated heterocycles. The molecule has 1 atom stereocenters. The minimum absolute atomic E-state index is 0.119. The van der Waals surface area contributed by atoms with Gasteiger partial charge in [-0.05, 0) is 62.8 Å². The molecule has 2 amide bonds. The van der Waals surface area contributed by atoms with Crippen molar-refractivity contribution in [1.82, 2.24) is 5.32 Å². The number of carbonyl (C=O) groups excluding carboxylic acids is 2. The van der Waals surface area contributed by atoms with Gasteiger partial charge < -0.3 is 10.2 Å². The van der Waals surface area contributed by atoms with E-state index in [0.717, 1.165) is 24.9 Å². The molecule has 3 rings (SSSR count). The minimum atomic E-state index is -0.569. The van der Waals surface area contributed by atoms with Crippen LogP contribution in [0.15, 0.2) is 35.9 Å². The van der Waals surface area contributed by atoms with Crippen LogP contribution in [0.2, 0.25) is 5.02 Å². The second-order valence-electron chi connectivity index (χ2n) is 6.46. The maximum Gasteiger partial charge on any atom is 0.239 e. The fourth-order valence-electron chi connectivity index (χ4n) is 3.40. The Labute approximate surface area is 147 Å². The first-order valence-electron chi connectivity index (χ1n) is 8.68. The summed E-state index contributed by atoms with van der Waals surface area (Å²) < 4.78 is 0. The second kappa shape index (κ2) is 7.84. The Hall–Kier alpha value is -1.81. The van der Waals surface area contributed by atoms with Crippen LogP contribution in [-0.4, -0.2) is 24.9 Å². The van der Waals surface area contributed by atoms with Gasteiger partial charge in [0, 0.05) is 23.8 Å². The predicted octanol–water partition coefficient (Wildman–Crippen LogP) is 3.70. The molecule has 0 bridgehead atoms. The van der Waals surface area contributed by atoms with Crippen molar-refractivity contribution in [3.63, 3.8) is 0 Å². The molecule has 1 fully saturated rings. The topological polar surface area (TPSA) is 49.4 Å². The first kappa shape index (κ1) is 17.0.